The second-order valence-electron chi connectivity index (χ2n) is 9.11. The lowest BCUT2D eigenvalue weighted by atomic mass is 9.86. The molecule has 0 bridgehead atoms. The van der Waals surface area contributed by atoms with Crippen molar-refractivity contribution in [1.29, 1.82) is 0 Å². The van der Waals surface area contributed by atoms with E-state index >= 15 is 0 Å². The highest BCUT2D eigenvalue weighted by Gasteiger charge is 2.42. The molecule has 3 heterocycles. The number of pyridine rings is 1. The Labute approximate surface area is 181 Å². The number of carbonyl (C=O) groups excluding carboxylic acids is 1. The predicted molar refractivity (Wildman–Crippen MR) is 121 cm³/mol. The highest BCUT2D eigenvalue weighted by Crippen LogP contribution is 2.42. The van der Waals surface area contributed by atoms with Gasteiger partial charge in [0.1, 0.15) is 5.82 Å². The number of nitrogens with zero attached hydrogens (tertiary/aromatic N) is 4. The average molecular weight is 421 g/mol. The van der Waals surface area contributed by atoms with E-state index in [-0.39, 0.29) is 12.0 Å². The van der Waals surface area contributed by atoms with Gasteiger partial charge in [0.05, 0.1) is 11.5 Å². The van der Waals surface area contributed by atoms with E-state index in [1.165, 1.54) is 0 Å². The third kappa shape index (κ3) is 3.40. The molecular formula is C23H28N6O2. The van der Waals surface area contributed by atoms with Gasteiger partial charge in [-0.05, 0) is 69.4 Å². The highest BCUT2D eigenvalue weighted by atomic mass is 16.3. The molecule has 162 valence electrons. The monoisotopic (exact) mass is 420 g/mol. The first kappa shape index (κ1) is 19.8. The number of aromatic nitrogens is 3. The van der Waals surface area contributed by atoms with E-state index in [1.807, 2.05) is 57.3 Å². The molecule has 0 spiro atoms. The van der Waals surface area contributed by atoms with Gasteiger partial charge in [-0.2, -0.15) is 9.50 Å². The lowest BCUT2D eigenvalue weighted by molar-refractivity contribution is -0.121. The van der Waals surface area contributed by atoms with Crippen molar-refractivity contribution in [3.8, 4) is 0 Å². The number of amides is 1. The van der Waals surface area contributed by atoms with Crippen molar-refractivity contribution in [3.05, 3.63) is 42.0 Å². The van der Waals surface area contributed by atoms with Crippen LogP contribution >= 0.6 is 0 Å². The molecule has 3 aromatic rings. The summed E-state index contributed by atoms with van der Waals surface area (Å²) in [6.45, 7) is 3.91. The SMILES string of the molecule is CN1C(=O)C(C)(C)c2ccc(Nc3nc4cccc(N[C@H]5CC[C@@H](O)CC5)n4n3)cc21. The molecule has 31 heavy (non-hydrogen) atoms. The van der Waals surface area contributed by atoms with Crippen LogP contribution < -0.4 is 15.5 Å². The first-order valence-corrected chi connectivity index (χ1v) is 10.8. The third-order valence-corrected chi connectivity index (χ3v) is 6.54. The van der Waals surface area contributed by atoms with Crippen molar-refractivity contribution in [2.75, 3.05) is 22.6 Å². The smallest absolute Gasteiger partial charge is 0.247 e. The van der Waals surface area contributed by atoms with Gasteiger partial charge in [0.15, 0.2) is 5.65 Å². The van der Waals surface area contributed by atoms with Crippen LogP contribution in [-0.2, 0) is 10.2 Å². The van der Waals surface area contributed by atoms with Gasteiger partial charge >= 0.3 is 0 Å². The second kappa shape index (κ2) is 7.23. The first-order valence-electron chi connectivity index (χ1n) is 10.8. The fourth-order valence-electron chi connectivity index (χ4n) is 4.69. The van der Waals surface area contributed by atoms with E-state index in [9.17, 15) is 9.90 Å². The summed E-state index contributed by atoms with van der Waals surface area (Å²) in [5.41, 5.74) is 3.00. The number of fused-ring (bicyclic) bond motifs is 2. The van der Waals surface area contributed by atoms with Gasteiger partial charge < -0.3 is 20.6 Å². The van der Waals surface area contributed by atoms with E-state index in [1.54, 1.807) is 9.42 Å². The summed E-state index contributed by atoms with van der Waals surface area (Å²) in [5.74, 6) is 1.48. The number of rotatable bonds is 4. The van der Waals surface area contributed by atoms with Crippen LogP contribution in [0.2, 0.25) is 0 Å². The van der Waals surface area contributed by atoms with Crippen LogP contribution in [0.15, 0.2) is 36.4 Å². The Hall–Kier alpha value is -3.13. The largest absolute Gasteiger partial charge is 0.393 e. The summed E-state index contributed by atoms with van der Waals surface area (Å²) in [6.07, 6.45) is 3.35. The molecule has 0 unspecified atom stereocenters. The predicted octanol–water partition coefficient (Wildman–Crippen LogP) is 3.44. The Kier molecular flexibility index (Phi) is 4.62. The summed E-state index contributed by atoms with van der Waals surface area (Å²) in [7, 11) is 1.81. The molecule has 1 aliphatic carbocycles. The van der Waals surface area contributed by atoms with Gasteiger partial charge in [-0.1, -0.05) is 12.1 Å². The Balaban J connectivity index is 1.39. The van der Waals surface area contributed by atoms with Crippen molar-refractivity contribution in [3.63, 3.8) is 0 Å². The van der Waals surface area contributed by atoms with Crippen LogP contribution in [0.3, 0.4) is 0 Å². The van der Waals surface area contributed by atoms with Crippen LogP contribution in [0, 0.1) is 0 Å². The molecule has 1 aromatic carbocycles. The summed E-state index contributed by atoms with van der Waals surface area (Å²) < 4.78 is 1.81. The molecule has 0 atom stereocenters. The molecule has 3 N–H and O–H groups in total. The number of likely N-dealkylation sites (N-methyl/N-ethyl adjacent to an activating group) is 1. The molecule has 1 saturated carbocycles. The van der Waals surface area contributed by atoms with E-state index in [0.29, 0.717) is 12.0 Å². The average Bonchev–Trinajstić information content (AvgIpc) is 3.23. The van der Waals surface area contributed by atoms with Crippen molar-refractivity contribution < 1.29 is 9.90 Å². The zero-order valence-electron chi connectivity index (χ0n) is 18.1. The third-order valence-electron chi connectivity index (χ3n) is 6.54. The summed E-state index contributed by atoms with van der Waals surface area (Å²) in [4.78, 5) is 18.9. The number of hydrogen-bond donors (Lipinski definition) is 3. The topological polar surface area (TPSA) is 94.8 Å². The maximum absolute atomic E-state index is 12.5. The van der Waals surface area contributed by atoms with E-state index in [4.69, 9.17) is 0 Å². The number of carbonyl (C=O) groups is 1. The lowest BCUT2D eigenvalue weighted by Crippen LogP contribution is -2.33. The number of aliphatic hydroxyl groups excluding tert-OH is 1. The van der Waals surface area contributed by atoms with Crippen molar-refractivity contribution in [2.45, 2.75) is 57.1 Å². The molecule has 2 aliphatic rings. The van der Waals surface area contributed by atoms with E-state index < -0.39 is 5.41 Å². The summed E-state index contributed by atoms with van der Waals surface area (Å²) >= 11 is 0. The Morgan fingerprint density at radius 3 is 2.68 bits per heavy atom. The number of hydrogen-bond acceptors (Lipinski definition) is 6. The minimum atomic E-state index is -0.514. The lowest BCUT2D eigenvalue weighted by Gasteiger charge is -2.26. The standard InChI is InChI=1S/C23H28N6O2/c1-23(2)17-12-9-15(13-18(17)28(3)21(23)31)25-22-26-20-6-4-5-19(29(20)27-22)24-14-7-10-16(30)11-8-14/h4-6,9,12-14,16,24,30H,7-8,10-11H2,1-3H3,(H,25,27)/t14-,16+. The number of nitrogens with one attached hydrogen (secondary N) is 2. The summed E-state index contributed by atoms with van der Waals surface area (Å²) in [5, 5.41) is 21.2. The fourth-order valence-corrected chi connectivity index (χ4v) is 4.69. The van der Waals surface area contributed by atoms with Gasteiger partial charge in [-0.15, -0.1) is 5.10 Å². The Bertz CT molecular complexity index is 1150. The molecule has 0 saturated heterocycles. The van der Waals surface area contributed by atoms with E-state index in [0.717, 1.165) is 54.1 Å². The van der Waals surface area contributed by atoms with Crippen molar-refractivity contribution in [1.82, 2.24) is 14.6 Å². The van der Waals surface area contributed by atoms with Crippen molar-refractivity contribution >= 4 is 34.7 Å². The fraction of sp³-hybridized carbons (Fsp3) is 0.435. The number of aliphatic hydroxyl groups is 1. The van der Waals surface area contributed by atoms with Crippen LogP contribution in [0.5, 0.6) is 0 Å². The van der Waals surface area contributed by atoms with Gasteiger partial charge in [0.2, 0.25) is 11.9 Å². The summed E-state index contributed by atoms with van der Waals surface area (Å²) in [6, 6.07) is 12.1. The second-order valence-corrected chi connectivity index (χ2v) is 9.11. The molecule has 8 nitrogen and oxygen atoms in total. The molecule has 1 fully saturated rings. The minimum absolute atomic E-state index is 0.0939. The highest BCUT2D eigenvalue weighted by molar-refractivity contribution is 6.07. The normalized spacial score (nSPS) is 22.6. The molecule has 1 aliphatic heterocycles. The number of benzene rings is 1. The van der Waals surface area contributed by atoms with Gasteiger partial charge in [-0.3, -0.25) is 4.79 Å². The molecule has 5 rings (SSSR count). The first-order chi connectivity index (χ1) is 14.8. The number of anilines is 4. The Morgan fingerprint density at radius 1 is 1.13 bits per heavy atom. The van der Waals surface area contributed by atoms with Crippen LogP contribution in [0.25, 0.3) is 5.65 Å². The van der Waals surface area contributed by atoms with Crippen LogP contribution in [0.1, 0.15) is 45.1 Å². The van der Waals surface area contributed by atoms with Gasteiger partial charge in [0, 0.05) is 24.5 Å². The quantitative estimate of drug-likeness (QED) is 0.599. The molecule has 8 heteroatoms. The van der Waals surface area contributed by atoms with E-state index in [2.05, 4.69) is 20.7 Å². The molecule has 1 amide bonds. The van der Waals surface area contributed by atoms with Crippen LogP contribution in [0.4, 0.5) is 23.1 Å². The Morgan fingerprint density at radius 2 is 1.90 bits per heavy atom. The molecule has 0 radical (unpaired) electrons. The van der Waals surface area contributed by atoms with Gasteiger partial charge in [-0.25, -0.2) is 0 Å². The van der Waals surface area contributed by atoms with Crippen LogP contribution in [-0.4, -0.2) is 44.8 Å². The van der Waals surface area contributed by atoms with Crippen molar-refractivity contribution in [2.24, 2.45) is 0 Å². The zero-order valence-corrected chi connectivity index (χ0v) is 18.1. The maximum atomic E-state index is 12.5. The molecular weight excluding hydrogens is 392 g/mol. The molecule has 2 aromatic heterocycles. The maximum Gasteiger partial charge on any atom is 0.247 e. The minimum Gasteiger partial charge on any atom is -0.393 e. The zero-order chi connectivity index (χ0) is 21.8. The van der Waals surface area contributed by atoms with Gasteiger partial charge in [0.25, 0.3) is 0 Å².